The Bertz CT molecular complexity index is 2670. The van der Waals surface area contributed by atoms with Gasteiger partial charge in [0.05, 0.1) is 5.69 Å². The molecule has 1 saturated heterocycles. The van der Waals surface area contributed by atoms with Crippen molar-refractivity contribution in [3.8, 4) is 5.75 Å². The van der Waals surface area contributed by atoms with Crippen molar-refractivity contribution in [2.45, 2.75) is 25.0 Å². The van der Waals surface area contributed by atoms with Crippen LogP contribution in [0.2, 0.25) is 0 Å². The first-order valence-electron chi connectivity index (χ1n) is 20.3. The van der Waals surface area contributed by atoms with Crippen molar-refractivity contribution < 1.29 is 43.4 Å². The number of hydrogen-bond acceptors (Lipinski definition) is 10. The number of rotatable bonds is 12. The van der Waals surface area contributed by atoms with Gasteiger partial charge in [0.1, 0.15) is 11.4 Å². The molecule has 1 aromatic heterocycles. The Kier molecular flexibility index (Phi) is 12.2. The lowest BCUT2D eigenvalue weighted by Gasteiger charge is -2.31. The fourth-order valence-electron chi connectivity index (χ4n) is 7.89. The maximum absolute atomic E-state index is 14.3. The summed E-state index contributed by atoms with van der Waals surface area (Å²) in [5.41, 5.74) is 3.48. The molecular formula is C45H43ClN8O9. The summed E-state index contributed by atoms with van der Waals surface area (Å²) in [4.78, 5) is 98.5. The highest BCUT2D eigenvalue weighted by Gasteiger charge is 2.36. The molecule has 5 N–H and O–H groups in total. The zero-order valence-corrected chi connectivity index (χ0v) is 34.8. The molecule has 1 fully saturated rings. The van der Waals surface area contributed by atoms with Gasteiger partial charge in [0.15, 0.2) is 0 Å². The third-order valence-electron chi connectivity index (χ3n) is 11.3. The predicted molar refractivity (Wildman–Crippen MR) is 235 cm³/mol. The highest BCUT2D eigenvalue weighted by atomic mass is 35.5. The second-order valence-electron chi connectivity index (χ2n) is 15.5. The van der Waals surface area contributed by atoms with Crippen LogP contribution in [0.25, 0.3) is 21.7 Å². The first kappa shape index (κ1) is 42.6. The molecule has 17 nitrogen and oxygen atoms in total. The molecule has 4 heterocycles. The SMILES string of the molecule is CN1CCN(C(=O)Oc2cc3c(c4ccccc24)[C@H](CCl)CN3C(=O)c2cc3cc(NC(=O)c4ccc(NC(=O)C(O)NC(=O)CCCN5C(=O)C=CC5=O)cc4)ccc3[nH]2)CC1. The number of nitrogens with zero attached hydrogens (tertiary/aromatic N) is 4. The summed E-state index contributed by atoms with van der Waals surface area (Å²) in [6.07, 6.45) is -0.0271. The number of hydrogen-bond donors (Lipinski definition) is 5. The van der Waals surface area contributed by atoms with Crippen molar-refractivity contribution in [2.24, 2.45) is 0 Å². The maximum atomic E-state index is 14.3. The monoisotopic (exact) mass is 874 g/mol. The molecule has 18 heteroatoms. The van der Waals surface area contributed by atoms with Gasteiger partial charge in [-0.15, -0.1) is 11.6 Å². The summed E-state index contributed by atoms with van der Waals surface area (Å²) in [5.74, 6) is -2.79. The zero-order valence-electron chi connectivity index (χ0n) is 34.1. The Morgan fingerprint density at radius 2 is 1.57 bits per heavy atom. The molecular weight excluding hydrogens is 832 g/mol. The van der Waals surface area contributed by atoms with E-state index < -0.39 is 41.9 Å². The minimum absolute atomic E-state index is 0.0215. The quantitative estimate of drug-likeness (QED) is 0.0678. The summed E-state index contributed by atoms with van der Waals surface area (Å²) in [6, 6.07) is 22.1. The van der Waals surface area contributed by atoms with Crippen LogP contribution in [0, 0.1) is 0 Å². The van der Waals surface area contributed by atoms with E-state index in [0.29, 0.717) is 53.4 Å². The van der Waals surface area contributed by atoms with Crippen molar-refractivity contribution in [1.82, 2.24) is 25.0 Å². The molecule has 7 amide bonds. The Morgan fingerprint density at radius 1 is 0.873 bits per heavy atom. The van der Waals surface area contributed by atoms with Gasteiger partial charge in [-0.2, -0.15) is 0 Å². The number of aromatic nitrogens is 1. The van der Waals surface area contributed by atoms with E-state index in [9.17, 15) is 38.7 Å². The second-order valence-corrected chi connectivity index (χ2v) is 15.8. The number of fused-ring (bicyclic) bond motifs is 4. The van der Waals surface area contributed by atoms with Crippen molar-refractivity contribution >= 4 is 91.9 Å². The van der Waals surface area contributed by atoms with E-state index in [-0.39, 0.29) is 48.3 Å². The van der Waals surface area contributed by atoms with Crippen LogP contribution in [0.4, 0.5) is 21.9 Å². The summed E-state index contributed by atoms with van der Waals surface area (Å²) >= 11 is 6.51. The summed E-state index contributed by atoms with van der Waals surface area (Å²) in [6.45, 7) is 2.93. The molecule has 0 radical (unpaired) electrons. The van der Waals surface area contributed by atoms with Crippen LogP contribution in [0.1, 0.15) is 45.2 Å². The first-order valence-corrected chi connectivity index (χ1v) is 20.8. The molecule has 63 heavy (non-hydrogen) atoms. The highest BCUT2D eigenvalue weighted by Crippen LogP contribution is 2.46. The fourth-order valence-corrected chi connectivity index (χ4v) is 8.14. The Hall–Kier alpha value is -7.08. The number of aliphatic hydroxyl groups is 1. The van der Waals surface area contributed by atoms with Gasteiger partial charge in [0, 0.05) is 109 Å². The van der Waals surface area contributed by atoms with Crippen LogP contribution in [0.5, 0.6) is 5.75 Å². The lowest BCUT2D eigenvalue weighted by Crippen LogP contribution is -2.48. The number of likely N-dealkylation sites (N-methyl/N-ethyl adjacent to an activating group) is 1. The summed E-state index contributed by atoms with van der Waals surface area (Å²) < 4.78 is 6.02. The number of anilines is 3. The average molecular weight is 875 g/mol. The van der Waals surface area contributed by atoms with Gasteiger partial charge in [-0.1, -0.05) is 24.3 Å². The number of aliphatic hydroxyl groups excluding tert-OH is 1. The van der Waals surface area contributed by atoms with E-state index in [1.165, 1.54) is 24.3 Å². The number of aromatic amines is 1. The number of imide groups is 1. The molecule has 3 aliphatic heterocycles. The van der Waals surface area contributed by atoms with Crippen LogP contribution in [0.15, 0.2) is 91.0 Å². The van der Waals surface area contributed by atoms with Crippen molar-refractivity contribution in [3.05, 3.63) is 108 Å². The molecule has 0 aliphatic carbocycles. The van der Waals surface area contributed by atoms with E-state index in [2.05, 4.69) is 25.8 Å². The number of benzene rings is 4. The first-order chi connectivity index (χ1) is 30.4. The molecule has 2 atom stereocenters. The number of ether oxygens (including phenoxy) is 1. The lowest BCUT2D eigenvalue weighted by atomic mass is 9.95. The van der Waals surface area contributed by atoms with Gasteiger partial charge in [0.2, 0.25) is 12.1 Å². The number of nitrogens with one attached hydrogen (secondary N) is 4. The molecule has 4 aromatic carbocycles. The van der Waals surface area contributed by atoms with Crippen molar-refractivity contribution in [3.63, 3.8) is 0 Å². The number of H-pyrrole nitrogens is 1. The molecule has 1 unspecified atom stereocenters. The predicted octanol–water partition coefficient (Wildman–Crippen LogP) is 4.38. The Labute approximate surface area is 365 Å². The third kappa shape index (κ3) is 9.11. The number of carbonyl (C=O) groups excluding carboxylic acids is 7. The molecule has 0 saturated carbocycles. The van der Waals surface area contributed by atoms with E-state index in [0.717, 1.165) is 46.5 Å². The number of carbonyl (C=O) groups is 7. The minimum Gasteiger partial charge on any atom is -0.409 e. The third-order valence-corrected chi connectivity index (χ3v) is 11.6. The standard InChI is InChI=1S/C45H43ClN8O9/c1-51-17-19-52(20-18-51)45(62)63-36-23-35-40(32-6-3-2-5-31(32)36)28(24-46)25-54(35)44(61)34-22-27-21-30(12-13-33(27)49-34)48-41(58)26-8-10-29(11-9-26)47-42(59)43(60)50-37(55)7-4-16-53-38(56)14-15-39(53)57/h2-3,5-6,8-15,21-23,28,43,49,60H,4,7,16-20,24-25H2,1H3,(H,47,59)(H,48,58)(H,50,55)/t28-,43?/m1/s1. The molecule has 324 valence electrons. The van der Waals surface area contributed by atoms with Gasteiger partial charge >= 0.3 is 6.09 Å². The fraction of sp³-hybridized carbons (Fsp3) is 0.267. The van der Waals surface area contributed by atoms with E-state index in [4.69, 9.17) is 16.3 Å². The van der Waals surface area contributed by atoms with Crippen LogP contribution < -0.4 is 25.6 Å². The lowest BCUT2D eigenvalue weighted by molar-refractivity contribution is -0.137. The van der Waals surface area contributed by atoms with Crippen molar-refractivity contribution in [2.75, 3.05) is 67.7 Å². The minimum atomic E-state index is -1.87. The van der Waals surface area contributed by atoms with Gasteiger partial charge < -0.3 is 45.5 Å². The number of halogens is 1. The molecule has 3 aliphatic rings. The van der Waals surface area contributed by atoms with Crippen LogP contribution in [-0.4, -0.2) is 125 Å². The van der Waals surface area contributed by atoms with Crippen LogP contribution >= 0.6 is 11.6 Å². The Morgan fingerprint density at radius 3 is 2.29 bits per heavy atom. The highest BCUT2D eigenvalue weighted by molar-refractivity contribution is 6.19. The average Bonchev–Trinajstić information content (AvgIpc) is 3.98. The van der Waals surface area contributed by atoms with Crippen LogP contribution in [-0.2, 0) is 19.2 Å². The number of amides is 7. The maximum Gasteiger partial charge on any atom is 0.415 e. The molecule has 0 spiro atoms. The zero-order chi connectivity index (χ0) is 44.4. The van der Waals surface area contributed by atoms with E-state index >= 15 is 0 Å². The molecule has 5 aromatic rings. The molecule has 8 rings (SSSR count). The van der Waals surface area contributed by atoms with Gasteiger partial charge in [-0.3, -0.25) is 33.7 Å². The molecule has 0 bridgehead atoms. The van der Waals surface area contributed by atoms with Gasteiger partial charge in [-0.05, 0) is 72.9 Å². The topological polar surface area (TPSA) is 214 Å². The largest absolute Gasteiger partial charge is 0.415 e. The number of piperazine rings is 1. The smallest absolute Gasteiger partial charge is 0.409 e. The van der Waals surface area contributed by atoms with E-state index in [1.54, 1.807) is 40.1 Å². The van der Waals surface area contributed by atoms with Gasteiger partial charge in [-0.25, -0.2) is 4.79 Å². The summed E-state index contributed by atoms with van der Waals surface area (Å²) in [7, 11) is 2.01. The Balaban J connectivity index is 0.898. The van der Waals surface area contributed by atoms with Gasteiger partial charge in [0.25, 0.3) is 29.5 Å². The normalized spacial score (nSPS) is 16.7. The van der Waals surface area contributed by atoms with E-state index in [1.807, 2.05) is 31.3 Å². The summed E-state index contributed by atoms with van der Waals surface area (Å²) in [5, 5.41) is 20.0. The number of alkyl halides is 1. The second kappa shape index (κ2) is 18.1. The van der Waals surface area contributed by atoms with Crippen LogP contribution in [0.3, 0.4) is 0 Å². The van der Waals surface area contributed by atoms with Crippen molar-refractivity contribution in [1.29, 1.82) is 0 Å².